The SMILES string of the molecule is C[Si](C)(C)C1C=Cc2ccccc21.[LiH]. The van der Waals surface area contributed by atoms with Crippen molar-refractivity contribution >= 4 is 33.0 Å². The van der Waals surface area contributed by atoms with Crippen LogP contribution in [0.1, 0.15) is 16.7 Å². The number of hydrogen-bond acceptors (Lipinski definition) is 0. The Morgan fingerprint density at radius 1 is 1.07 bits per heavy atom. The standard InChI is InChI=1S/C12H16Si.Li.H/c1-13(2,3)12-9-8-10-6-4-5-7-11(10)12;;/h4-9,12H,1-3H3;;. The maximum absolute atomic E-state index is 2.43. The summed E-state index contributed by atoms with van der Waals surface area (Å²) >= 11 is 0. The molecule has 2 rings (SSSR count). The van der Waals surface area contributed by atoms with Gasteiger partial charge in [-0.25, -0.2) is 0 Å². The van der Waals surface area contributed by atoms with Gasteiger partial charge < -0.3 is 0 Å². The molecule has 0 nitrogen and oxygen atoms in total. The summed E-state index contributed by atoms with van der Waals surface area (Å²) in [5.41, 5.74) is 3.69. The molecule has 0 N–H and O–H groups in total. The van der Waals surface area contributed by atoms with Crippen molar-refractivity contribution in [2.45, 2.75) is 25.2 Å². The van der Waals surface area contributed by atoms with E-state index in [1.165, 1.54) is 5.56 Å². The summed E-state index contributed by atoms with van der Waals surface area (Å²) in [5, 5.41) is 0. The molecule has 14 heavy (non-hydrogen) atoms. The third kappa shape index (κ3) is 2.06. The molecule has 0 saturated heterocycles. The van der Waals surface area contributed by atoms with Gasteiger partial charge in [-0.1, -0.05) is 56.1 Å². The van der Waals surface area contributed by atoms with Crippen molar-refractivity contribution in [2.75, 3.05) is 0 Å². The molecule has 1 aliphatic rings. The number of allylic oxidation sites excluding steroid dienone is 1. The Morgan fingerprint density at radius 3 is 2.36 bits per heavy atom. The minimum atomic E-state index is -1.06. The van der Waals surface area contributed by atoms with E-state index in [-0.39, 0.29) is 18.9 Å². The minimum absolute atomic E-state index is 0. The monoisotopic (exact) mass is 196 g/mol. The van der Waals surface area contributed by atoms with Gasteiger partial charge in [0, 0.05) is 0 Å². The fraction of sp³-hybridized carbons (Fsp3) is 0.333. The molecule has 0 aromatic heterocycles. The van der Waals surface area contributed by atoms with Crippen molar-refractivity contribution in [1.82, 2.24) is 0 Å². The van der Waals surface area contributed by atoms with Crippen LogP contribution in [0.5, 0.6) is 0 Å². The first-order valence-corrected chi connectivity index (χ1v) is 8.44. The zero-order chi connectivity index (χ0) is 9.47. The topological polar surface area (TPSA) is 0 Å². The number of hydrogen-bond donors (Lipinski definition) is 0. The number of rotatable bonds is 1. The van der Waals surface area contributed by atoms with Gasteiger partial charge in [0.25, 0.3) is 0 Å². The Hall–Kier alpha value is -0.226. The predicted octanol–water partition coefficient (Wildman–Crippen LogP) is 3.03. The van der Waals surface area contributed by atoms with Crippen molar-refractivity contribution in [1.29, 1.82) is 0 Å². The van der Waals surface area contributed by atoms with Gasteiger partial charge in [0.05, 0.1) is 8.07 Å². The van der Waals surface area contributed by atoms with Gasteiger partial charge in [-0.3, -0.25) is 0 Å². The summed E-state index contributed by atoms with van der Waals surface area (Å²) in [6.07, 6.45) is 4.66. The number of benzene rings is 1. The molecule has 2 heteroatoms. The van der Waals surface area contributed by atoms with E-state index in [4.69, 9.17) is 0 Å². The molecule has 0 aliphatic heterocycles. The van der Waals surface area contributed by atoms with Gasteiger partial charge in [-0.05, 0) is 16.7 Å². The van der Waals surface area contributed by atoms with E-state index < -0.39 is 8.07 Å². The Balaban J connectivity index is 0.000000980. The van der Waals surface area contributed by atoms with E-state index in [0.29, 0.717) is 0 Å². The van der Waals surface area contributed by atoms with Gasteiger partial charge in [0.1, 0.15) is 0 Å². The van der Waals surface area contributed by atoms with Crippen LogP contribution >= 0.6 is 0 Å². The second kappa shape index (κ2) is 4.10. The Morgan fingerprint density at radius 2 is 1.71 bits per heavy atom. The molecule has 0 fully saturated rings. The third-order valence-corrected chi connectivity index (χ3v) is 5.10. The van der Waals surface area contributed by atoms with Crippen LogP contribution in [0.3, 0.4) is 0 Å². The number of fused-ring (bicyclic) bond motifs is 1. The molecule has 0 heterocycles. The molecule has 1 unspecified atom stereocenters. The Bertz CT molecular complexity index is 350. The zero-order valence-electron chi connectivity index (χ0n) is 8.54. The summed E-state index contributed by atoms with van der Waals surface area (Å²) in [7, 11) is -1.06. The van der Waals surface area contributed by atoms with Crippen molar-refractivity contribution in [3.05, 3.63) is 41.5 Å². The summed E-state index contributed by atoms with van der Waals surface area (Å²) in [6, 6.07) is 8.76. The quantitative estimate of drug-likeness (QED) is 0.606. The molecule has 0 amide bonds. The van der Waals surface area contributed by atoms with Crippen LogP contribution in [0.2, 0.25) is 19.6 Å². The fourth-order valence-electron chi connectivity index (χ4n) is 2.00. The van der Waals surface area contributed by atoms with E-state index in [1.807, 2.05) is 0 Å². The van der Waals surface area contributed by atoms with Crippen LogP contribution < -0.4 is 0 Å². The first kappa shape index (κ1) is 11.8. The predicted molar refractivity (Wildman–Crippen MR) is 68.7 cm³/mol. The molecule has 70 valence electrons. The van der Waals surface area contributed by atoms with Crippen LogP contribution in [-0.4, -0.2) is 26.9 Å². The molecular weight excluding hydrogens is 179 g/mol. The van der Waals surface area contributed by atoms with Gasteiger partial charge in [0.15, 0.2) is 0 Å². The van der Waals surface area contributed by atoms with Crippen LogP contribution in [0.25, 0.3) is 6.08 Å². The van der Waals surface area contributed by atoms with E-state index >= 15 is 0 Å². The van der Waals surface area contributed by atoms with Gasteiger partial charge in [-0.2, -0.15) is 0 Å². The summed E-state index contributed by atoms with van der Waals surface area (Å²) in [6.45, 7) is 7.30. The molecule has 0 bridgehead atoms. The second-order valence-corrected chi connectivity index (χ2v) is 10.2. The molecule has 1 aliphatic carbocycles. The Labute approximate surface area is 99.6 Å². The van der Waals surface area contributed by atoms with E-state index in [0.717, 1.165) is 5.54 Å². The first-order chi connectivity index (χ1) is 6.09. The molecule has 1 aromatic rings. The van der Waals surface area contributed by atoms with E-state index in [9.17, 15) is 0 Å². The molecule has 0 spiro atoms. The molecule has 1 atom stereocenters. The van der Waals surface area contributed by atoms with E-state index in [1.54, 1.807) is 5.56 Å². The van der Waals surface area contributed by atoms with E-state index in [2.05, 4.69) is 56.1 Å². The molecule has 1 aromatic carbocycles. The van der Waals surface area contributed by atoms with Crippen LogP contribution in [0, 0.1) is 0 Å². The van der Waals surface area contributed by atoms with Crippen molar-refractivity contribution in [3.8, 4) is 0 Å². The Kier molecular flexibility index (Phi) is 3.47. The van der Waals surface area contributed by atoms with Crippen LogP contribution in [0.15, 0.2) is 30.3 Å². The van der Waals surface area contributed by atoms with Crippen molar-refractivity contribution in [3.63, 3.8) is 0 Å². The molecule has 0 saturated carbocycles. The average Bonchev–Trinajstić information content (AvgIpc) is 2.45. The fourth-order valence-corrected chi connectivity index (χ4v) is 3.87. The van der Waals surface area contributed by atoms with Crippen molar-refractivity contribution < 1.29 is 0 Å². The summed E-state index contributed by atoms with van der Waals surface area (Å²) in [4.78, 5) is 0. The normalized spacial score (nSPS) is 18.9. The van der Waals surface area contributed by atoms with Gasteiger partial charge >= 0.3 is 18.9 Å². The maximum atomic E-state index is 2.43. The van der Waals surface area contributed by atoms with Crippen molar-refractivity contribution in [2.24, 2.45) is 0 Å². The summed E-state index contributed by atoms with van der Waals surface area (Å²) < 4.78 is 0. The molecular formula is C12H17LiSi. The average molecular weight is 196 g/mol. The first-order valence-electron chi connectivity index (χ1n) is 4.86. The van der Waals surface area contributed by atoms with Crippen LogP contribution in [-0.2, 0) is 0 Å². The van der Waals surface area contributed by atoms with Gasteiger partial charge in [0.2, 0.25) is 0 Å². The summed E-state index contributed by atoms with van der Waals surface area (Å²) in [5.74, 6) is 0. The van der Waals surface area contributed by atoms with Gasteiger partial charge in [-0.15, -0.1) is 0 Å². The third-order valence-electron chi connectivity index (χ3n) is 2.73. The second-order valence-electron chi connectivity index (χ2n) is 4.83. The molecule has 0 radical (unpaired) electrons. The zero-order valence-corrected chi connectivity index (χ0v) is 9.54. The van der Waals surface area contributed by atoms with Crippen LogP contribution in [0.4, 0.5) is 0 Å².